The molecule has 20 heavy (non-hydrogen) atoms. The molecule has 0 amide bonds. The Morgan fingerprint density at radius 3 is 2.60 bits per heavy atom. The van der Waals surface area contributed by atoms with Gasteiger partial charge in [0.2, 0.25) is 0 Å². The average Bonchev–Trinajstić information content (AvgIpc) is 2.43. The van der Waals surface area contributed by atoms with Gasteiger partial charge in [-0.2, -0.15) is 0 Å². The molecule has 1 aromatic rings. The SMILES string of the molecule is CCCC1CCCCN1C(c1ccc(Br)cc1)C(C)N. The monoisotopic (exact) mass is 338 g/mol. The van der Waals surface area contributed by atoms with Crippen LogP contribution in [0.1, 0.15) is 57.6 Å². The number of hydrogen-bond donors (Lipinski definition) is 1. The van der Waals surface area contributed by atoms with Crippen LogP contribution < -0.4 is 5.73 Å². The minimum atomic E-state index is 0.161. The molecule has 2 rings (SSSR count). The van der Waals surface area contributed by atoms with Gasteiger partial charge in [0.15, 0.2) is 0 Å². The van der Waals surface area contributed by atoms with Gasteiger partial charge >= 0.3 is 0 Å². The maximum atomic E-state index is 6.34. The molecule has 3 atom stereocenters. The topological polar surface area (TPSA) is 29.3 Å². The van der Waals surface area contributed by atoms with Crippen molar-refractivity contribution in [2.24, 2.45) is 5.73 Å². The van der Waals surface area contributed by atoms with Crippen molar-refractivity contribution in [3.05, 3.63) is 34.3 Å². The van der Waals surface area contributed by atoms with Gasteiger partial charge in [-0.25, -0.2) is 0 Å². The van der Waals surface area contributed by atoms with Crippen molar-refractivity contribution in [3.8, 4) is 0 Å². The summed E-state index contributed by atoms with van der Waals surface area (Å²) in [4.78, 5) is 2.67. The Morgan fingerprint density at radius 2 is 2.00 bits per heavy atom. The maximum absolute atomic E-state index is 6.34. The van der Waals surface area contributed by atoms with Gasteiger partial charge in [0.1, 0.15) is 0 Å². The van der Waals surface area contributed by atoms with Crippen molar-refractivity contribution in [2.75, 3.05) is 6.54 Å². The molecule has 1 saturated heterocycles. The Balaban J connectivity index is 2.24. The third-order valence-corrected chi connectivity index (χ3v) is 4.89. The number of benzene rings is 1. The Morgan fingerprint density at radius 1 is 1.30 bits per heavy atom. The van der Waals surface area contributed by atoms with Gasteiger partial charge in [0.05, 0.1) is 0 Å². The fraction of sp³-hybridized carbons (Fsp3) is 0.647. The van der Waals surface area contributed by atoms with Crippen molar-refractivity contribution < 1.29 is 0 Å². The van der Waals surface area contributed by atoms with E-state index >= 15 is 0 Å². The summed E-state index contributed by atoms with van der Waals surface area (Å²) in [6, 6.07) is 9.90. The van der Waals surface area contributed by atoms with E-state index in [1.54, 1.807) is 0 Å². The number of rotatable bonds is 5. The molecule has 2 N–H and O–H groups in total. The highest BCUT2D eigenvalue weighted by Crippen LogP contribution is 2.32. The van der Waals surface area contributed by atoms with Gasteiger partial charge in [0.25, 0.3) is 0 Å². The molecule has 2 nitrogen and oxygen atoms in total. The lowest BCUT2D eigenvalue weighted by Gasteiger charge is -2.43. The normalized spacial score (nSPS) is 23.5. The first-order valence-electron chi connectivity index (χ1n) is 7.90. The van der Waals surface area contributed by atoms with Gasteiger partial charge in [-0.15, -0.1) is 0 Å². The van der Waals surface area contributed by atoms with E-state index in [4.69, 9.17) is 5.73 Å². The highest BCUT2D eigenvalue weighted by Gasteiger charge is 2.31. The van der Waals surface area contributed by atoms with Crippen LogP contribution in [-0.2, 0) is 0 Å². The van der Waals surface area contributed by atoms with E-state index in [0.29, 0.717) is 12.1 Å². The average molecular weight is 339 g/mol. The zero-order valence-corrected chi connectivity index (χ0v) is 14.3. The maximum Gasteiger partial charge on any atom is 0.0499 e. The molecule has 0 spiro atoms. The standard InChI is InChI=1S/C17H27BrN2/c1-3-6-16-7-4-5-12-20(16)17(13(2)19)14-8-10-15(18)11-9-14/h8-11,13,16-17H,3-7,12,19H2,1-2H3. The lowest BCUT2D eigenvalue weighted by Crippen LogP contribution is -2.47. The molecule has 0 aromatic heterocycles. The minimum absolute atomic E-state index is 0.161. The third-order valence-electron chi connectivity index (χ3n) is 4.36. The molecule has 3 unspecified atom stereocenters. The van der Waals surface area contributed by atoms with Crippen molar-refractivity contribution in [1.29, 1.82) is 0 Å². The molecule has 1 aromatic carbocycles. The Kier molecular flexibility index (Phi) is 6.06. The fourth-order valence-electron chi connectivity index (χ4n) is 3.49. The van der Waals surface area contributed by atoms with Crippen LogP contribution >= 0.6 is 15.9 Å². The van der Waals surface area contributed by atoms with E-state index in [1.165, 1.54) is 44.2 Å². The molecule has 1 heterocycles. The summed E-state index contributed by atoms with van der Waals surface area (Å²) < 4.78 is 1.13. The first kappa shape index (κ1) is 16.0. The van der Waals surface area contributed by atoms with Gasteiger partial charge < -0.3 is 5.73 Å². The summed E-state index contributed by atoms with van der Waals surface area (Å²) in [5.74, 6) is 0. The van der Waals surface area contributed by atoms with Crippen molar-refractivity contribution in [3.63, 3.8) is 0 Å². The van der Waals surface area contributed by atoms with Crippen LogP contribution in [0.15, 0.2) is 28.7 Å². The van der Waals surface area contributed by atoms with Gasteiger partial charge in [-0.1, -0.05) is 47.8 Å². The molecule has 0 saturated carbocycles. The summed E-state index contributed by atoms with van der Waals surface area (Å²) >= 11 is 3.52. The van der Waals surface area contributed by atoms with Crippen LogP contribution in [0.5, 0.6) is 0 Å². The van der Waals surface area contributed by atoms with Crippen LogP contribution in [0.4, 0.5) is 0 Å². The largest absolute Gasteiger partial charge is 0.326 e. The van der Waals surface area contributed by atoms with E-state index in [-0.39, 0.29) is 6.04 Å². The highest BCUT2D eigenvalue weighted by atomic mass is 79.9. The summed E-state index contributed by atoms with van der Waals surface area (Å²) in [7, 11) is 0. The smallest absolute Gasteiger partial charge is 0.0499 e. The second-order valence-electron chi connectivity index (χ2n) is 6.03. The van der Waals surface area contributed by atoms with E-state index in [2.05, 4.69) is 58.9 Å². The third kappa shape index (κ3) is 3.84. The molecule has 1 aliphatic heterocycles. The predicted molar refractivity (Wildman–Crippen MR) is 89.8 cm³/mol. The fourth-order valence-corrected chi connectivity index (χ4v) is 3.75. The van der Waals surface area contributed by atoms with Crippen molar-refractivity contribution >= 4 is 15.9 Å². The molecule has 0 aliphatic carbocycles. The van der Waals surface area contributed by atoms with Crippen molar-refractivity contribution in [2.45, 2.75) is 64.1 Å². The van der Waals surface area contributed by atoms with E-state index < -0.39 is 0 Å². The Hall–Kier alpha value is -0.380. The van der Waals surface area contributed by atoms with Crippen LogP contribution in [0, 0.1) is 0 Å². The second kappa shape index (κ2) is 7.58. The lowest BCUT2D eigenvalue weighted by molar-refractivity contribution is 0.0764. The molecule has 1 fully saturated rings. The second-order valence-corrected chi connectivity index (χ2v) is 6.95. The number of piperidine rings is 1. The first-order chi connectivity index (χ1) is 9.63. The summed E-state index contributed by atoms with van der Waals surface area (Å²) in [6.07, 6.45) is 6.55. The molecular weight excluding hydrogens is 312 g/mol. The molecule has 0 radical (unpaired) electrons. The van der Waals surface area contributed by atoms with E-state index in [0.717, 1.165) is 4.47 Å². The summed E-state index contributed by atoms with van der Waals surface area (Å²) in [5.41, 5.74) is 7.70. The summed E-state index contributed by atoms with van der Waals surface area (Å²) in [6.45, 7) is 5.62. The van der Waals surface area contributed by atoms with E-state index in [1.807, 2.05) is 0 Å². The van der Waals surface area contributed by atoms with Gasteiger partial charge in [-0.05, 0) is 50.4 Å². The predicted octanol–water partition coefficient (Wildman–Crippen LogP) is 4.49. The minimum Gasteiger partial charge on any atom is -0.326 e. The number of nitrogens with two attached hydrogens (primary N) is 1. The zero-order chi connectivity index (χ0) is 14.5. The molecule has 0 bridgehead atoms. The molecular formula is C17H27BrN2. The van der Waals surface area contributed by atoms with Crippen molar-refractivity contribution in [1.82, 2.24) is 4.90 Å². The van der Waals surface area contributed by atoms with Crippen LogP contribution in [0.25, 0.3) is 0 Å². The summed E-state index contributed by atoms with van der Waals surface area (Å²) in [5, 5.41) is 0. The molecule has 1 aliphatic rings. The highest BCUT2D eigenvalue weighted by molar-refractivity contribution is 9.10. The quantitative estimate of drug-likeness (QED) is 0.856. The first-order valence-corrected chi connectivity index (χ1v) is 8.69. The lowest BCUT2D eigenvalue weighted by atomic mass is 9.91. The molecule has 3 heteroatoms. The number of nitrogens with zero attached hydrogens (tertiary/aromatic N) is 1. The number of halogens is 1. The van der Waals surface area contributed by atoms with Gasteiger partial charge in [0, 0.05) is 22.6 Å². The van der Waals surface area contributed by atoms with E-state index in [9.17, 15) is 0 Å². The molecule has 112 valence electrons. The van der Waals surface area contributed by atoms with Crippen LogP contribution in [-0.4, -0.2) is 23.5 Å². The number of likely N-dealkylation sites (tertiary alicyclic amines) is 1. The number of hydrogen-bond acceptors (Lipinski definition) is 2. The van der Waals surface area contributed by atoms with Crippen LogP contribution in [0.2, 0.25) is 0 Å². The van der Waals surface area contributed by atoms with Crippen LogP contribution in [0.3, 0.4) is 0 Å². The zero-order valence-electron chi connectivity index (χ0n) is 12.7. The Bertz CT molecular complexity index is 400. The Labute approximate surface area is 131 Å². The van der Waals surface area contributed by atoms with Gasteiger partial charge in [-0.3, -0.25) is 4.90 Å².